The molecule has 0 aliphatic rings. The lowest BCUT2D eigenvalue weighted by Crippen LogP contribution is -2.22. The average molecular weight is 500 g/mol. The Morgan fingerprint density at radius 3 is 2.54 bits per heavy atom. The van der Waals surface area contributed by atoms with Gasteiger partial charge in [-0.15, -0.1) is 0 Å². The minimum absolute atomic E-state index is 0.0541. The number of benzene rings is 1. The van der Waals surface area contributed by atoms with Crippen LogP contribution in [0.5, 0.6) is 0 Å². The number of pyridine rings is 1. The Balaban J connectivity index is 1.55. The number of carbonyl (C=O) groups is 1. The van der Waals surface area contributed by atoms with Gasteiger partial charge in [0.1, 0.15) is 5.69 Å². The van der Waals surface area contributed by atoms with Gasteiger partial charge < -0.3 is 5.32 Å². The molecule has 35 heavy (non-hydrogen) atoms. The second kappa shape index (κ2) is 8.40. The van der Waals surface area contributed by atoms with Crippen molar-refractivity contribution in [3.8, 4) is 11.4 Å². The van der Waals surface area contributed by atoms with E-state index in [9.17, 15) is 22.8 Å². The average Bonchev–Trinajstić information content (AvgIpc) is 3.49. The van der Waals surface area contributed by atoms with Crippen LogP contribution in [0.3, 0.4) is 0 Å². The number of anilines is 1. The van der Waals surface area contributed by atoms with Crippen molar-refractivity contribution in [3.63, 3.8) is 0 Å². The van der Waals surface area contributed by atoms with Crippen molar-refractivity contribution in [3.05, 3.63) is 100 Å². The summed E-state index contributed by atoms with van der Waals surface area (Å²) < 4.78 is 45.5. The first kappa shape index (κ1) is 22.3. The highest BCUT2D eigenvalue weighted by molar-refractivity contribution is 6.32. The normalized spacial score (nSPS) is 11.7. The predicted molar refractivity (Wildman–Crippen MR) is 120 cm³/mol. The van der Waals surface area contributed by atoms with E-state index >= 15 is 0 Å². The number of aromatic nitrogens is 6. The molecule has 0 atom stereocenters. The fraction of sp³-hybridized carbons (Fsp3) is 0.0455. The Bertz CT molecular complexity index is 1620. The summed E-state index contributed by atoms with van der Waals surface area (Å²) >= 11 is 6.26. The van der Waals surface area contributed by atoms with E-state index in [0.29, 0.717) is 10.4 Å². The van der Waals surface area contributed by atoms with Crippen molar-refractivity contribution in [2.75, 3.05) is 5.32 Å². The summed E-state index contributed by atoms with van der Waals surface area (Å²) in [6, 6.07) is 10.0. The van der Waals surface area contributed by atoms with E-state index in [1.54, 1.807) is 24.5 Å². The molecular formula is C22H13ClF3N7O2. The smallest absolute Gasteiger partial charge is 0.322 e. The first-order valence-electron chi connectivity index (χ1n) is 9.97. The van der Waals surface area contributed by atoms with E-state index in [1.165, 1.54) is 47.4 Å². The summed E-state index contributed by atoms with van der Waals surface area (Å²) in [5, 5.41) is 10.5. The maximum absolute atomic E-state index is 14.1. The van der Waals surface area contributed by atoms with Crippen molar-refractivity contribution in [2.45, 2.75) is 6.18 Å². The number of alkyl halides is 3. The zero-order chi connectivity index (χ0) is 24.7. The van der Waals surface area contributed by atoms with Gasteiger partial charge in [-0.1, -0.05) is 11.6 Å². The lowest BCUT2D eigenvalue weighted by molar-refractivity contribution is -0.143. The third-order valence-corrected chi connectivity index (χ3v) is 5.37. The lowest BCUT2D eigenvalue weighted by Gasteiger charge is -2.14. The van der Waals surface area contributed by atoms with Crippen molar-refractivity contribution >= 4 is 28.8 Å². The summed E-state index contributed by atoms with van der Waals surface area (Å²) in [6.07, 6.45) is 1.64. The molecular weight excluding hydrogens is 487 g/mol. The van der Waals surface area contributed by atoms with E-state index < -0.39 is 28.9 Å². The van der Waals surface area contributed by atoms with Crippen LogP contribution < -0.4 is 10.9 Å². The first-order valence-corrected chi connectivity index (χ1v) is 10.3. The Morgan fingerprint density at radius 1 is 1.00 bits per heavy atom. The second-order valence-corrected chi connectivity index (χ2v) is 7.66. The van der Waals surface area contributed by atoms with Crippen LogP contribution in [0.25, 0.3) is 17.0 Å². The summed E-state index contributed by atoms with van der Waals surface area (Å²) in [5.41, 5.74) is -1.99. The third kappa shape index (κ3) is 4.04. The maximum atomic E-state index is 14.1. The molecule has 1 N–H and O–H groups in total. The number of amides is 1. The predicted octanol–water partition coefficient (Wildman–Crippen LogP) is 3.99. The molecule has 5 rings (SSSR count). The van der Waals surface area contributed by atoms with E-state index in [-0.39, 0.29) is 22.0 Å². The number of nitrogens with zero attached hydrogens (tertiary/aromatic N) is 6. The van der Waals surface area contributed by atoms with Gasteiger partial charge >= 0.3 is 6.18 Å². The zero-order valence-electron chi connectivity index (χ0n) is 17.4. The largest absolute Gasteiger partial charge is 0.434 e. The quantitative estimate of drug-likeness (QED) is 0.403. The Morgan fingerprint density at radius 2 is 1.83 bits per heavy atom. The van der Waals surface area contributed by atoms with Gasteiger partial charge in [0.05, 0.1) is 22.5 Å². The van der Waals surface area contributed by atoms with Crippen molar-refractivity contribution < 1.29 is 18.0 Å². The monoisotopic (exact) mass is 499 g/mol. The molecule has 9 nitrogen and oxygen atoms in total. The third-order valence-electron chi connectivity index (χ3n) is 5.07. The number of halogens is 4. The topological polar surface area (TPSA) is 99.1 Å². The fourth-order valence-corrected chi connectivity index (χ4v) is 3.83. The zero-order valence-corrected chi connectivity index (χ0v) is 18.2. The van der Waals surface area contributed by atoms with Gasteiger partial charge in [0, 0.05) is 36.5 Å². The minimum Gasteiger partial charge on any atom is -0.322 e. The number of hydrogen-bond acceptors (Lipinski definition) is 5. The molecule has 1 amide bonds. The molecule has 0 unspecified atom stereocenters. The molecule has 0 bridgehead atoms. The number of nitrogens with one attached hydrogen (secondary N) is 1. The SMILES string of the molecule is O=C(Nc1ccc(-n2cccn2)c(Cl)c1)c1cnn(-c2cccn3c(=O)ccnc23)c1C(F)(F)F. The Kier molecular flexibility index (Phi) is 5.36. The van der Waals surface area contributed by atoms with Crippen molar-refractivity contribution in [1.29, 1.82) is 0 Å². The van der Waals surface area contributed by atoms with Gasteiger partial charge in [-0.3, -0.25) is 14.0 Å². The van der Waals surface area contributed by atoms with Crippen molar-refractivity contribution in [1.82, 2.24) is 28.9 Å². The molecule has 0 saturated carbocycles. The Labute approximate surface area is 199 Å². The van der Waals surface area contributed by atoms with Crippen LogP contribution in [0.4, 0.5) is 18.9 Å². The van der Waals surface area contributed by atoms with Crippen LogP contribution >= 0.6 is 11.6 Å². The molecule has 0 fully saturated rings. The van der Waals surface area contributed by atoms with Crippen LogP contribution in [0, 0.1) is 0 Å². The molecule has 0 saturated heterocycles. The molecule has 0 spiro atoms. The van der Waals surface area contributed by atoms with E-state index in [0.717, 1.165) is 10.6 Å². The molecule has 1 aromatic carbocycles. The summed E-state index contributed by atoms with van der Waals surface area (Å²) in [5.74, 6) is -1.04. The Hall–Kier alpha value is -4.45. The summed E-state index contributed by atoms with van der Waals surface area (Å²) in [6.45, 7) is 0. The molecule has 5 aromatic rings. The summed E-state index contributed by atoms with van der Waals surface area (Å²) in [4.78, 5) is 29.0. The summed E-state index contributed by atoms with van der Waals surface area (Å²) in [7, 11) is 0. The van der Waals surface area contributed by atoms with Crippen molar-refractivity contribution in [2.24, 2.45) is 0 Å². The van der Waals surface area contributed by atoms with Crippen LogP contribution in [-0.4, -0.2) is 34.9 Å². The van der Waals surface area contributed by atoms with Gasteiger partial charge in [-0.25, -0.2) is 14.3 Å². The van der Waals surface area contributed by atoms with E-state index in [1.807, 2.05) is 0 Å². The lowest BCUT2D eigenvalue weighted by atomic mass is 10.2. The maximum Gasteiger partial charge on any atom is 0.434 e. The molecule has 176 valence electrons. The standard InChI is InChI=1S/C22H13ClF3N7O2/c23-15-11-13(4-5-16(15)32-10-2-7-28-32)30-21(35)14-12-29-33(19(14)22(24,25)26)17-3-1-9-31-18(34)6-8-27-20(17)31/h1-12H,(H,30,35). The number of rotatable bonds is 4. The fourth-order valence-electron chi connectivity index (χ4n) is 3.56. The van der Waals surface area contributed by atoms with Crippen LogP contribution in [0.2, 0.25) is 5.02 Å². The van der Waals surface area contributed by atoms with E-state index in [4.69, 9.17) is 11.6 Å². The molecule has 4 aromatic heterocycles. The molecule has 0 aliphatic carbocycles. The highest BCUT2D eigenvalue weighted by atomic mass is 35.5. The van der Waals surface area contributed by atoms with Gasteiger partial charge in [-0.2, -0.15) is 23.4 Å². The van der Waals surface area contributed by atoms with Gasteiger partial charge in [0.15, 0.2) is 11.3 Å². The van der Waals surface area contributed by atoms with Crippen LogP contribution in [-0.2, 0) is 6.18 Å². The first-order chi connectivity index (χ1) is 16.7. The molecule has 4 heterocycles. The van der Waals surface area contributed by atoms with E-state index in [2.05, 4.69) is 20.5 Å². The van der Waals surface area contributed by atoms with Crippen LogP contribution in [0.1, 0.15) is 16.1 Å². The van der Waals surface area contributed by atoms with Crippen LogP contribution in [0.15, 0.2) is 78.2 Å². The van der Waals surface area contributed by atoms with Gasteiger partial charge in [-0.05, 0) is 36.4 Å². The molecule has 13 heteroatoms. The number of hydrogen-bond donors (Lipinski definition) is 1. The minimum atomic E-state index is -4.95. The number of fused-ring (bicyclic) bond motifs is 1. The van der Waals surface area contributed by atoms with Gasteiger partial charge in [0.2, 0.25) is 0 Å². The van der Waals surface area contributed by atoms with Gasteiger partial charge in [0.25, 0.3) is 11.5 Å². The molecule has 0 radical (unpaired) electrons. The highest BCUT2D eigenvalue weighted by Crippen LogP contribution is 2.35. The number of carbonyl (C=O) groups excluding carboxylic acids is 1. The highest BCUT2D eigenvalue weighted by Gasteiger charge is 2.41. The molecule has 0 aliphatic heterocycles. The second-order valence-electron chi connectivity index (χ2n) is 7.26.